The van der Waals surface area contributed by atoms with Crippen molar-refractivity contribution >= 4 is 29.0 Å². The number of hydrogen-bond donors (Lipinski definition) is 0. The fourth-order valence-corrected chi connectivity index (χ4v) is 0.136. The van der Waals surface area contributed by atoms with E-state index in [-0.39, 0.29) is 17.1 Å². The Labute approximate surface area is 61.7 Å². The van der Waals surface area contributed by atoms with Crippen LogP contribution in [0.4, 0.5) is 0 Å². The zero-order valence-electron chi connectivity index (χ0n) is 4.20. The van der Waals surface area contributed by atoms with Gasteiger partial charge in [0.2, 0.25) is 0 Å². The quantitative estimate of drug-likeness (QED) is 0.339. The average Bonchev–Trinajstić information content (AvgIpc) is 1.61. The number of carboxylic acid groups (broad SMARTS) is 2. The van der Waals surface area contributed by atoms with E-state index in [0.29, 0.717) is 12.2 Å². The van der Waals surface area contributed by atoms with Crippen LogP contribution in [-0.2, 0) is 9.59 Å². The molecule has 0 N–H and O–H groups in total. The summed E-state index contributed by atoms with van der Waals surface area (Å²) in [6.45, 7) is 0. The second-order valence-electron chi connectivity index (χ2n) is 0.971. The molecular formula is C4H2O4Se. The van der Waals surface area contributed by atoms with Gasteiger partial charge in [-0.15, -0.1) is 0 Å². The molecule has 0 aromatic heterocycles. The first-order valence-corrected chi connectivity index (χ1v) is 1.73. The molecule has 0 saturated carbocycles. The van der Waals surface area contributed by atoms with Gasteiger partial charge in [0.1, 0.15) is 0 Å². The third-order valence-corrected chi connectivity index (χ3v) is 0.355. The van der Waals surface area contributed by atoms with Crippen molar-refractivity contribution in [2.75, 3.05) is 0 Å². The molecule has 0 heterocycles. The van der Waals surface area contributed by atoms with Crippen LogP contribution < -0.4 is 10.2 Å². The normalized spacial score (nSPS) is 8.44. The number of hydrogen-bond acceptors (Lipinski definition) is 4. The summed E-state index contributed by atoms with van der Waals surface area (Å²) in [5, 5.41) is 18.8. The number of aliphatic carboxylic acids is 2. The fourth-order valence-electron chi connectivity index (χ4n) is 0.136. The second kappa shape index (κ2) is 5.34. The fraction of sp³-hybridized carbons (Fsp3) is 0. The van der Waals surface area contributed by atoms with Crippen LogP contribution in [0.15, 0.2) is 12.2 Å². The Morgan fingerprint density at radius 2 is 1.22 bits per heavy atom. The molecule has 0 bridgehead atoms. The van der Waals surface area contributed by atoms with Crippen molar-refractivity contribution < 1.29 is 19.8 Å². The number of rotatable bonds is 2. The topological polar surface area (TPSA) is 80.3 Å². The van der Waals surface area contributed by atoms with E-state index in [1.165, 1.54) is 0 Å². The Bertz CT molecular complexity index is 124. The summed E-state index contributed by atoms with van der Waals surface area (Å²) in [6, 6.07) is 0. The van der Waals surface area contributed by atoms with Crippen LogP contribution in [0, 0.1) is 0 Å². The molecule has 0 amide bonds. The van der Waals surface area contributed by atoms with Crippen molar-refractivity contribution in [3.63, 3.8) is 0 Å². The Kier molecular flexibility index (Phi) is 6.56. The number of carboxylic acids is 2. The van der Waals surface area contributed by atoms with E-state index in [1.54, 1.807) is 0 Å². The van der Waals surface area contributed by atoms with Gasteiger partial charge in [0, 0.05) is 0 Å². The van der Waals surface area contributed by atoms with Crippen LogP contribution in [0.25, 0.3) is 0 Å². The van der Waals surface area contributed by atoms with Gasteiger partial charge in [0.15, 0.2) is 0 Å². The molecule has 0 aromatic rings. The van der Waals surface area contributed by atoms with E-state index < -0.39 is 11.9 Å². The molecule has 48 valence electrons. The third-order valence-electron chi connectivity index (χ3n) is 0.355. The van der Waals surface area contributed by atoms with Crippen molar-refractivity contribution in [2.24, 2.45) is 0 Å². The van der Waals surface area contributed by atoms with Gasteiger partial charge >= 0.3 is 17.1 Å². The first kappa shape index (κ1) is 11.1. The van der Waals surface area contributed by atoms with Crippen molar-refractivity contribution in [3.05, 3.63) is 12.2 Å². The Morgan fingerprint density at radius 1 is 1.00 bits per heavy atom. The van der Waals surface area contributed by atoms with Crippen LogP contribution >= 0.6 is 0 Å². The Balaban J connectivity index is 0. The summed E-state index contributed by atoms with van der Waals surface area (Å²) in [5.74, 6) is -3.09. The minimum atomic E-state index is -1.55. The monoisotopic (exact) mass is 194 g/mol. The summed E-state index contributed by atoms with van der Waals surface area (Å²) in [5.41, 5.74) is 0. The minimum Gasteiger partial charge on any atom is -0.545 e. The summed E-state index contributed by atoms with van der Waals surface area (Å²) in [6.07, 6.45) is 0.769. The van der Waals surface area contributed by atoms with Crippen LogP contribution in [0.5, 0.6) is 0 Å². The van der Waals surface area contributed by atoms with E-state index >= 15 is 0 Å². The zero-order chi connectivity index (χ0) is 6.57. The largest absolute Gasteiger partial charge is 2.00 e. The van der Waals surface area contributed by atoms with Crippen LogP contribution in [-0.4, -0.2) is 29.0 Å². The van der Waals surface area contributed by atoms with E-state index in [1.807, 2.05) is 0 Å². The molecule has 0 fully saturated rings. The van der Waals surface area contributed by atoms with E-state index in [0.717, 1.165) is 0 Å². The summed E-state index contributed by atoms with van der Waals surface area (Å²) in [7, 11) is 0. The van der Waals surface area contributed by atoms with Gasteiger partial charge in [0.05, 0.1) is 11.9 Å². The van der Waals surface area contributed by atoms with Crippen molar-refractivity contribution in [1.29, 1.82) is 0 Å². The maximum absolute atomic E-state index is 9.41. The number of carbonyl (C=O) groups excluding carboxylic acids is 2. The van der Waals surface area contributed by atoms with Crippen LogP contribution in [0.3, 0.4) is 0 Å². The van der Waals surface area contributed by atoms with Crippen molar-refractivity contribution in [3.8, 4) is 0 Å². The first-order valence-electron chi connectivity index (χ1n) is 1.73. The Morgan fingerprint density at radius 3 is 1.33 bits per heavy atom. The Hall–Kier alpha value is -0.801. The van der Waals surface area contributed by atoms with Gasteiger partial charge in [0.25, 0.3) is 0 Å². The molecule has 0 unspecified atom stereocenters. The molecule has 0 aliphatic carbocycles. The zero-order valence-corrected chi connectivity index (χ0v) is 5.91. The van der Waals surface area contributed by atoms with Gasteiger partial charge in [-0.2, -0.15) is 0 Å². The van der Waals surface area contributed by atoms with Crippen LogP contribution in [0.2, 0.25) is 0 Å². The van der Waals surface area contributed by atoms with Crippen molar-refractivity contribution in [1.82, 2.24) is 0 Å². The predicted molar refractivity (Wildman–Crippen MR) is 24.9 cm³/mol. The molecule has 4 nitrogen and oxygen atoms in total. The van der Waals surface area contributed by atoms with E-state index in [2.05, 4.69) is 0 Å². The van der Waals surface area contributed by atoms with Gasteiger partial charge in [-0.1, -0.05) is 0 Å². The molecule has 0 aromatic carbocycles. The molecule has 0 aliphatic rings. The van der Waals surface area contributed by atoms with Crippen LogP contribution in [0.1, 0.15) is 0 Å². The molecular weight excluding hydrogens is 191 g/mol. The van der Waals surface area contributed by atoms with E-state index in [4.69, 9.17) is 0 Å². The third kappa shape index (κ3) is 11.0. The maximum atomic E-state index is 9.41. The average molecular weight is 193 g/mol. The standard InChI is InChI=1S/C4H4O4.Se/c5-3(6)1-2-4(7)8;/h1-2H,(H,5,6)(H,7,8);/q;+2/p-2. The first-order chi connectivity index (χ1) is 3.63. The summed E-state index contributed by atoms with van der Waals surface area (Å²) in [4.78, 5) is 18.8. The van der Waals surface area contributed by atoms with Gasteiger partial charge in [-0.3, -0.25) is 0 Å². The van der Waals surface area contributed by atoms with Gasteiger partial charge in [-0.05, 0) is 12.2 Å². The molecule has 0 aliphatic heterocycles. The smallest absolute Gasteiger partial charge is 0.545 e. The summed E-state index contributed by atoms with van der Waals surface area (Å²) < 4.78 is 0. The predicted octanol–water partition coefficient (Wildman–Crippen LogP) is -3.34. The van der Waals surface area contributed by atoms with Gasteiger partial charge in [-0.25, -0.2) is 0 Å². The molecule has 4 radical (unpaired) electrons. The SMILES string of the molecule is O=C([O-])C=CC(=O)[O-].[Se+2]. The number of carbonyl (C=O) groups is 2. The minimum absolute atomic E-state index is 0. The molecule has 0 saturated heterocycles. The van der Waals surface area contributed by atoms with E-state index in [9.17, 15) is 19.8 Å². The van der Waals surface area contributed by atoms with Crippen molar-refractivity contribution in [2.45, 2.75) is 0 Å². The second-order valence-corrected chi connectivity index (χ2v) is 0.971. The molecule has 9 heavy (non-hydrogen) atoms. The molecule has 0 atom stereocenters. The molecule has 5 heteroatoms. The molecule has 0 rings (SSSR count). The maximum Gasteiger partial charge on any atom is 2.00 e. The summed E-state index contributed by atoms with van der Waals surface area (Å²) >= 11 is 0. The van der Waals surface area contributed by atoms with Gasteiger partial charge < -0.3 is 19.8 Å². The molecule has 0 spiro atoms.